The summed E-state index contributed by atoms with van der Waals surface area (Å²) in [5.74, 6) is 0.260. The molecule has 0 amide bonds. The molecular weight excluding hydrogens is 657 g/mol. The molecule has 0 saturated carbocycles. The minimum Gasteiger partial charge on any atom is -0.456 e. The van der Waals surface area contributed by atoms with Gasteiger partial charge < -0.3 is 14.3 Å². The summed E-state index contributed by atoms with van der Waals surface area (Å²) in [6.07, 6.45) is 15.5. The summed E-state index contributed by atoms with van der Waals surface area (Å²) in [7, 11) is 0. The van der Waals surface area contributed by atoms with Gasteiger partial charge in [-0.2, -0.15) is 0 Å². The Labute approximate surface area is 313 Å². The Morgan fingerprint density at radius 2 is 1.41 bits per heavy atom. The first-order chi connectivity index (χ1) is 26.6. The van der Waals surface area contributed by atoms with Crippen molar-refractivity contribution in [3.63, 3.8) is 0 Å². The van der Waals surface area contributed by atoms with Gasteiger partial charge in [0.05, 0.1) is 27.6 Å². The van der Waals surface area contributed by atoms with Gasteiger partial charge in [-0.05, 0) is 83.1 Å². The fraction of sp³-hybridized carbons (Fsp3) is 0.0588. The first-order valence-corrected chi connectivity index (χ1v) is 18.7. The first kappa shape index (κ1) is 30.8. The van der Waals surface area contributed by atoms with Gasteiger partial charge in [0.2, 0.25) is 0 Å². The predicted molar refractivity (Wildman–Crippen MR) is 227 cm³/mol. The lowest BCUT2D eigenvalue weighted by Crippen LogP contribution is -2.42. The summed E-state index contributed by atoms with van der Waals surface area (Å²) >= 11 is 0. The zero-order valence-electron chi connectivity index (χ0n) is 29.8. The van der Waals surface area contributed by atoms with Crippen LogP contribution in [0.3, 0.4) is 0 Å². The number of allylic oxidation sites excluding steroid dienone is 5. The van der Waals surface area contributed by atoms with Crippen molar-refractivity contribution in [2.24, 2.45) is 5.92 Å². The van der Waals surface area contributed by atoms with Gasteiger partial charge in [0.1, 0.15) is 11.2 Å². The quantitative estimate of drug-likeness (QED) is 0.195. The highest BCUT2D eigenvalue weighted by Crippen LogP contribution is 2.44. The molecule has 0 aliphatic heterocycles. The highest BCUT2D eigenvalue weighted by Gasteiger charge is 2.34. The lowest BCUT2D eigenvalue weighted by molar-refractivity contribution is 0.519. The van der Waals surface area contributed by atoms with E-state index in [1.54, 1.807) is 0 Å². The molecule has 3 nitrogen and oxygen atoms in total. The molecular formula is C51H36N2O. The number of benzene rings is 7. The van der Waals surface area contributed by atoms with Crippen molar-refractivity contribution in [2.45, 2.75) is 12.5 Å². The maximum atomic E-state index is 6.44. The second-order valence-corrected chi connectivity index (χ2v) is 14.8. The number of rotatable bonds is 5. The molecule has 11 rings (SSSR count). The molecule has 256 valence electrons. The second-order valence-electron chi connectivity index (χ2n) is 14.8. The number of para-hydroxylation sites is 2. The summed E-state index contributed by atoms with van der Waals surface area (Å²) in [6, 6.07) is 52.7. The molecule has 2 aliphatic carbocycles. The number of anilines is 1. The minimum absolute atomic E-state index is 0.256. The van der Waals surface area contributed by atoms with Gasteiger partial charge in [0.15, 0.2) is 0 Å². The van der Waals surface area contributed by atoms with Crippen molar-refractivity contribution < 1.29 is 4.42 Å². The van der Waals surface area contributed by atoms with E-state index in [-0.39, 0.29) is 11.5 Å². The predicted octanol–water partition coefficient (Wildman–Crippen LogP) is 13.6. The van der Waals surface area contributed by atoms with Crippen LogP contribution in [0, 0.1) is 5.92 Å². The van der Waals surface area contributed by atoms with Crippen LogP contribution in [0.25, 0.3) is 82.5 Å². The molecule has 2 atom stereocenters. The highest BCUT2D eigenvalue weighted by atomic mass is 16.3. The van der Waals surface area contributed by atoms with E-state index in [4.69, 9.17) is 4.42 Å². The van der Waals surface area contributed by atoms with Crippen LogP contribution in [-0.4, -0.2) is 10.1 Å². The lowest BCUT2D eigenvalue weighted by atomic mass is 9.75. The van der Waals surface area contributed by atoms with Gasteiger partial charge in [-0.15, -0.1) is 0 Å². The van der Waals surface area contributed by atoms with Crippen LogP contribution in [0.2, 0.25) is 0 Å². The maximum absolute atomic E-state index is 6.44. The Hall–Kier alpha value is -6.84. The molecule has 2 aliphatic rings. The van der Waals surface area contributed by atoms with Crippen LogP contribution in [-0.2, 0) is 0 Å². The SMILES string of the molecule is CC1(Nc2ccccc2-c2cccc(-c3ccc4c(c3)c3ccc5oc6ccccc6c5c3n4-c3cccc4ccccc34)c2)C=CC=C2C=CC=CC21. The van der Waals surface area contributed by atoms with Crippen LogP contribution >= 0.6 is 0 Å². The monoisotopic (exact) mass is 692 g/mol. The number of fused-ring (bicyclic) bond motifs is 9. The summed E-state index contributed by atoms with van der Waals surface area (Å²) in [5, 5.41) is 11.1. The van der Waals surface area contributed by atoms with Gasteiger partial charge >= 0.3 is 0 Å². The molecule has 0 spiro atoms. The molecule has 0 fully saturated rings. The molecule has 2 heterocycles. The summed E-state index contributed by atoms with van der Waals surface area (Å²) in [4.78, 5) is 0. The molecule has 3 heteroatoms. The minimum atomic E-state index is -0.256. The fourth-order valence-corrected chi connectivity index (χ4v) is 8.99. The molecule has 54 heavy (non-hydrogen) atoms. The number of aromatic nitrogens is 1. The highest BCUT2D eigenvalue weighted by molar-refractivity contribution is 6.25. The van der Waals surface area contributed by atoms with Crippen molar-refractivity contribution in [2.75, 3.05) is 5.32 Å². The first-order valence-electron chi connectivity index (χ1n) is 18.7. The molecule has 1 N–H and O–H groups in total. The third-order valence-electron chi connectivity index (χ3n) is 11.6. The van der Waals surface area contributed by atoms with Gasteiger partial charge in [-0.1, -0.05) is 140 Å². The Morgan fingerprint density at radius 3 is 2.37 bits per heavy atom. The van der Waals surface area contributed by atoms with Gasteiger partial charge in [0.25, 0.3) is 0 Å². The van der Waals surface area contributed by atoms with Crippen molar-refractivity contribution >= 4 is 60.2 Å². The topological polar surface area (TPSA) is 30.1 Å². The van der Waals surface area contributed by atoms with E-state index in [9.17, 15) is 0 Å². The number of nitrogens with one attached hydrogen (secondary N) is 1. The Kier molecular flexibility index (Phi) is 6.74. The maximum Gasteiger partial charge on any atom is 0.137 e. The van der Waals surface area contributed by atoms with Crippen LogP contribution in [0.4, 0.5) is 5.69 Å². The third kappa shape index (κ3) is 4.68. The molecule has 0 saturated heterocycles. The average Bonchev–Trinajstić information content (AvgIpc) is 3.76. The summed E-state index contributed by atoms with van der Waals surface area (Å²) in [6.45, 7) is 2.29. The van der Waals surface area contributed by atoms with Crippen LogP contribution in [0.15, 0.2) is 198 Å². The normalized spacial score (nSPS) is 17.9. The van der Waals surface area contributed by atoms with Gasteiger partial charge in [0, 0.05) is 38.7 Å². The van der Waals surface area contributed by atoms with Crippen molar-refractivity contribution in [1.82, 2.24) is 4.57 Å². The fourth-order valence-electron chi connectivity index (χ4n) is 8.99. The van der Waals surface area contributed by atoms with E-state index < -0.39 is 0 Å². The van der Waals surface area contributed by atoms with Crippen molar-refractivity contribution in [3.05, 3.63) is 194 Å². The third-order valence-corrected chi connectivity index (χ3v) is 11.6. The van der Waals surface area contributed by atoms with E-state index in [1.165, 1.54) is 60.4 Å². The number of nitrogens with zero attached hydrogens (tertiary/aromatic N) is 1. The summed E-state index contributed by atoms with van der Waals surface area (Å²) < 4.78 is 8.90. The zero-order valence-corrected chi connectivity index (χ0v) is 29.8. The van der Waals surface area contributed by atoms with E-state index in [0.29, 0.717) is 0 Å². The molecule has 7 aromatic carbocycles. The summed E-state index contributed by atoms with van der Waals surface area (Å²) in [5.41, 5.74) is 12.2. The Balaban J connectivity index is 1.08. The largest absolute Gasteiger partial charge is 0.456 e. The van der Waals surface area contributed by atoms with Gasteiger partial charge in [-0.25, -0.2) is 0 Å². The van der Waals surface area contributed by atoms with E-state index in [2.05, 4.69) is 199 Å². The Bertz CT molecular complexity index is 3110. The van der Waals surface area contributed by atoms with E-state index >= 15 is 0 Å². The molecule has 2 unspecified atom stereocenters. The number of furan rings is 1. The van der Waals surface area contributed by atoms with Crippen molar-refractivity contribution in [3.8, 4) is 27.9 Å². The molecule has 0 bridgehead atoms. The number of hydrogen-bond donors (Lipinski definition) is 1. The number of hydrogen-bond acceptors (Lipinski definition) is 2. The van der Waals surface area contributed by atoms with Crippen LogP contribution in [0.5, 0.6) is 0 Å². The van der Waals surface area contributed by atoms with E-state index in [0.717, 1.165) is 33.3 Å². The Morgan fingerprint density at radius 1 is 0.611 bits per heavy atom. The molecule has 2 aromatic heterocycles. The second kappa shape index (κ2) is 11.8. The standard InChI is InChI=1S/C51H36N2O/c1-51(30-12-18-34-14-3-7-22-43(34)51)52-44-23-8-5-19-38(44)37-17-10-16-35(31-37)36-26-28-46-42(32-36)40-27-29-48-49(41-21-6-9-25-47(41)54-48)50(40)53(46)45-24-11-15-33-13-2-4-20-39(33)45/h2-32,43,52H,1H3. The molecule has 9 aromatic rings. The molecule has 0 radical (unpaired) electrons. The lowest BCUT2D eigenvalue weighted by Gasteiger charge is -2.39. The van der Waals surface area contributed by atoms with E-state index in [1.807, 2.05) is 6.07 Å². The van der Waals surface area contributed by atoms with Crippen LogP contribution in [0.1, 0.15) is 6.92 Å². The van der Waals surface area contributed by atoms with Crippen LogP contribution < -0.4 is 5.32 Å². The van der Waals surface area contributed by atoms with Gasteiger partial charge in [-0.3, -0.25) is 0 Å². The zero-order chi connectivity index (χ0) is 35.8. The van der Waals surface area contributed by atoms with Crippen molar-refractivity contribution in [1.29, 1.82) is 0 Å². The average molecular weight is 693 g/mol. The smallest absolute Gasteiger partial charge is 0.137 e.